The first kappa shape index (κ1) is 12.3. The summed E-state index contributed by atoms with van der Waals surface area (Å²) in [6, 6.07) is 4.65. The van der Waals surface area contributed by atoms with Crippen LogP contribution in [-0.2, 0) is 13.0 Å². The Labute approximate surface area is 106 Å². The summed E-state index contributed by atoms with van der Waals surface area (Å²) in [5.74, 6) is 0. The number of aryl methyl sites for hydroxylation is 1. The highest BCUT2D eigenvalue weighted by Crippen LogP contribution is 2.20. The van der Waals surface area contributed by atoms with E-state index in [9.17, 15) is 0 Å². The van der Waals surface area contributed by atoms with Crippen LogP contribution in [0.25, 0.3) is 0 Å². The standard InChI is InChI=1S/C13H19N3S/c1-3-6-16-10-11(9-15-16)13(14-2)8-12-5-4-7-17-12/h4-5,7,9-10,13-14H,3,6,8H2,1-2H3. The van der Waals surface area contributed by atoms with Gasteiger partial charge in [-0.05, 0) is 24.9 Å². The Morgan fingerprint density at radius 3 is 3.06 bits per heavy atom. The molecule has 0 aliphatic rings. The van der Waals surface area contributed by atoms with Crippen LogP contribution in [0.1, 0.15) is 29.8 Å². The predicted octanol–water partition coefficient (Wildman–Crippen LogP) is 2.86. The van der Waals surface area contributed by atoms with Crippen molar-refractivity contribution >= 4 is 11.3 Å². The third-order valence-corrected chi connectivity index (χ3v) is 3.74. The molecule has 0 bridgehead atoms. The Morgan fingerprint density at radius 1 is 1.53 bits per heavy atom. The largest absolute Gasteiger partial charge is 0.313 e. The Hall–Kier alpha value is -1.13. The molecule has 1 atom stereocenters. The first-order chi connectivity index (χ1) is 8.33. The summed E-state index contributed by atoms with van der Waals surface area (Å²) in [6.45, 7) is 3.16. The molecule has 2 aromatic rings. The van der Waals surface area contributed by atoms with Gasteiger partial charge >= 0.3 is 0 Å². The van der Waals surface area contributed by atoms with Crippen molar-refractivity contribution in [1.82, 2.24) is 15.1 Å². The minimum atomic E-state index is 0.360. The van der Waals surface area contributed by atoms with Crippen LogP contribution in [0.4, 0.5) is 0 Å². The van der Waals surface area contributed by atoms with Gasteiger partial charge in [0.1, 0.15) is 0 Å². The fourth-order valence-electron chi connectivity index (χ4n) is 1.93. The highest BCUT2D eigenvalue weighted by atomic mass is 32.1. The maximum Gasteiger partial charge on any atom is 0.0537 e. The molecule has 17 heavy (non-hydrogen) atoms. The zero-order chi connectivity index (χ0) is 12.1. The van der Waals surface area contributed by atoms with E-state index in [1.807, 2.05) is 29.3 Å². The topological polar surface area (TPSA) is 29.9 Å². The number of rotatable bonds is 6. The van der Waals surface area contributed by atoms with Crippen LogP contribution in [0.5, 0.6) is 0 Å². The number of hydrogen-bond acceptors (Lipinski definition) is 3. The van der Waals surface area contributed by atoms with E-state index in [1.54, 1.807) is 0 Å². The summed E-state index contributed by atoms with van der Waals surface area (Å²) in [5.41, 5.74) is 1.27. The highest BCUT2D eigenvalue weighted by molar-refractivity contribution is 7.09. The highest BCUT2D eigenvalue weighted by Gasteiger charge is 2.12. The van der Waals surface area contributed by atoms with Crippen molar-refractivity contribution in [2.24, 2.45) is 0 Å². The Bertz CT molecular complexity index is 433. The second-order valence-electron chi connectivity index (χ2n) is 4.16. The number of nitrogens with one attached hydrogen (secondary N) is 1. The minimum Gasteiger partial charge on any atom is -0.313 e. The number of likely N-dealkylation sites (N-methyl/N-ethyl adjacent to an activating group) is 1. The molecule has 92 valence electrons. The molecule has 0 fully saturated rings. The lowest BCUT2D eigenvalue weighted by atomic mass is 10.1. The summed E-state index contributed by atoms with van der Waals surface area (Å²) in [4.78, 5) is 1.41. The second kappa shape index (κ2) is 5.98. The van der Waals surface area contributed by atoms with E-state index in [4.69, 9.17) is 0 Å². The fraction of sp³-hybridized carbons (Fsp3) is 0.462. The van der Waals surface area contributed by atoms with Crippen LogP contribution in [0, 0.1) is 0 Å². The van der Waals surface area contributed by atoms with Gasteiger partial charge in [0.05, 0.1) is 6.20 Å². The molecule has 2 aromatic heterocycles. The normalized spacial score (nSPS) is 12.8. The first-order valence-electron chi connectivity index (χ1n) is 6.05. The van der Waals surface area contributed by atoms with Gasteiger partial charge in [-0.25, -0.2) is 0 Å². The molecule has 0 saturated carbocycles. The quantitative estimate of drug-likeness (QED) is 0.853. The van der Waals surface area contributed by atoms with Gasteiger partial charge in [0, 0.05) is 35.6 Å². The van der Waals surface area contributed by atoms with Gasteiger partial charge < -0.3 is 5.32 Å². The van der Waals surface area contributed by atoms with Crippen molar-refractivity contribution in [2.75, 3.05) is 7.05 Å². The summed E-state index contributed by atoms with van der Waals surface area (Å²) >= 11 is 1.81. The zero-order valence-electron chi connectivity index (χ0n) is 10.4. The molecule has 0 aromatic carbocycles. The Balaban J connectivity index is 2.06. The van der Waals surface area contributed by atoms with Crippen molar-refractivity contribution in [3.63, 3.8) is 0 Å². The van der Waals surface area contributed by atoms with Gasteiger partial charge in [-0.2, -0.15) is 5.10 Å². The molecule has 4 heteroatoms. The van der Waals surface area contributed by atoms with Crippen molar-refractivity contribution in [3.05, 3.63) is 40.3 Å². The van der Waals surface area contributed by atoms with E-state index >= 15 is 0 Å². The van der Waals surface area contributed by atoms with Crippen LogP contribution in [0.15, 0.2) is 29.9 Å². The van der Waals surface area contributed by atoms with Crippen LogP contribution in [0.3, 0.4) is 0 Å². The molecule has 2 heterocycles. The lowest BCUT2D eigenvalue weighted by molar-refractivity contribution is 0.585. The smallest absolute Gasteiger partial charge is 0.0537 e. The van der Waals surface area contributed by atoms with Gasteiger partial charge in [0.2, 0.25) is 0 Å². The van der Waals surface area contributed by atoms with E-state index < -0.39 is 0 Å². The molecule has 0 amide bonds. The molecular weight excluding hydrogens is 230 g/mol. The molecular formula is C13H19N3S. The molecule has 0 saturated heterocycles. The fourth-order valence-corrected chi connectivity index (χ4v) is 2.68. The van der Waals surface area contributed by atoms with E-state index in [0.717, 1.165) is 19.4 Å². The van der Waals surface area contributed by atoms with Crippen LogP contribution < -0.4 is 5.32 Å². The summed E-state index contributed by atoms with van der Waals surface area (Å²) in [5, 5.41) is 9.88. The number of nitrogens with zero attached hydrogens (tertiary/aromatic N) is 2. The van der Waals surface area contributed by atoms with Crippen LogP contribution in [-0.4, -0.2) is 16.8 Å². The van der Waals surface area contributed by atoms with Gasteiger partial charge in [-0.3, -0.25) is 4.68 Å². The molecule has 1 N–H and O–H groups in total. The maximum absolute atomic E-state index is 4.38. The number of aromatic nitrogens is 2. The number of hydrogen-bond donors (Lipinski definition) is 1. The van der Waals surface area contributed by atoms with Crippen molar-refractivity contribution in [3.8, 4) is 0 Å². The third-order valence-electron chi connectivity index (χ3n) is 2.84. The minimum absolute atomic E-state index is 0.360. The molecule has 0 spiro atoms. The third kappa shape index (κ3) is 3.17. The van der Waals surface area contributed by atoms with E-state index in [0.29, 0.717) is 6.04 Å². The lowest BCUT2D eigenvalue weighted by Crippen LogP contribution is -2.17. The van der Waals surface area contributed by atoms with E-state index in [2.05, 4.69) is 41.0 Å². The van der Waals surface area contributed by atoms with E-state index in [1.165, 1.54) is 10.4 Å². The molecule has 0 radical (unpaired) electrons. The van der Waals surface area contributed by atoms with Gasteiger partial charge in [0.25, 0.3) is 0 Å². The summed E-state index contributed by atoms with van der Waals surface area (Å²) in [6.07, 6.45) is 6.28. The van der Waals surface area contributed by atoms with Crippen molar-refractivity contribution in [2.45, 2.75) is 32.4 Å². The second-order valence-corrected chi connectivity index (χ2v) is 5.19. The average Bonchev–Trinajstić information content (AvgIpc) is 2.97. The van der Waals surface area contributed by atoms with Crippen molar-refractivity contribution in [1.29, 1.82) is 0 Å². The molecule has 1 unspecified atom stereocenters. The first-order valence-corrected chi connectivity index (χ1v) is 6.93. The number of thiophene rings is 1. The van der Waals surface area contributed by atoms with Crippen LogP contribution in [0.2, 0.25) is 0 Å². The lowest BCUT2D eigenvalue weighted by Gasteiger charge is -2.12. The molecule has 0 aliphatic carbocycles. The molecule has 2 rings (SSSR count). The monoisotopic (exact) mass is 249 g/mol. The van der Waals surface area contributed by atoms with Gasteiger partial charge in [-0.15, -0.1) is 11.3 Å². The average molecular weight is 249 g/mol. The molecule has 0 aliphatic heterocycles. The Kier molecular flexibility index (Phi) is 4.34. The van der Waals surface area contributed by atoms with Gasteiger partial charge in [-0.1, -0.05) is 13.0 Å². The van der Waals surface area contributed by atoms with E-state index in [-0.39, 0.29) is 0 Å². The molecule has 3 nitrogen and oxygen atoms in total. The SMILES string of the molecule is CCCn1cc(C(Cc2cccs2)NC)cn1. The van der Waals surface area contributed by atoms with Gasteiger partial charge in [0.15, 0.2) is 0 Å². The Morgan fingerprint density at radius 2 is 2.41 bits per heavy atom. The zero-order valence-corrected chi connectivity index (χ0v) is 11.2. The summed E-state index contributed by atoms with van der Waals surface area (Å²) in [7, 11) is 2.01. The summed E-state index contributed by atoms with van der Waals surface area (Å²) < 4.78 is 2.02. The maximum atomic E-state index is 4.38. The predicted molar refractivity (Wildman–Crippen MR) is 72.3 cm³/mol. The van der Waals surface area contributed by atoms with Crippen molar-refractivity contribution < 1.29 is 0 Å². The van der Waals surface area contributed by atoms with Crippen LogP contribution >= 0.6 is 11.3 Å².